The normalized spacial score (nSPS) is 25.8. The molecule has 2 aliphatic heterocycles. The molecule has 2 aromatic rings. The molecule has 8 heteroatoms. The number of fused-ring (bicyclic) bond motifs is 1. The number of aromatic nitrogens is 2. The summed E-state index contributed by atoms with van der Waals surface area (Å²) in [6.45, 7) is 1.95. The summed E-state index contributed by atoms with van der Waals surface area (Å²) in [5.74, 6) is 0.159. The van der Waals surface area contributed by atoms with Crippen molar-refractivity contribution in [3.8, 4) is 0 Å². The third kappa shape index (κ3) is 3.12. The lowest BCUT2D eigenvalue weighted by molar-refractivity contribution is -0.143. The van der Waals surface area contributed by atoms with Gasteiger partial charge in [0.25, 0.3) is 5.91 Å². The van der Waals surface area contributed by atoms with E-state index in [9.17, 15) is 18.0 Å². The summed E-state index contributed by atoms with van der Waals surface area (Å²) in [6, 6.07) is 11.2. The van der Waals surface area contributed by atoms with E-state index in [1.807, 2.05) is 18.2 Å². The molecule has 5 nitrogen and oxygen atoms in total. The Morgan fingerprint density at radius 1 is 1.11 bits per heavy atom. The van der Waals surface area contributed by atoms with E-state index in [-0.39, 0.29) is 17.7 Å². The van der Waals surface area contributed by atoms with Crippen LogP contribution in [0.2, 0.25) is 0 Å². The minimum atomic E-state index is -4.52. The summed E-state index contributed by atoms with van der Waals surface area (Å²) >= 11 is 0. The molecule has 0 radical (unpaired) electrons. The first kappa shape index (κ1) is 18.0. The van der Waals surface area contributed by atoms with E-state index >= 15 is 0 Å². The van der Waals surface area contributed by atoms with Crippen LogP contribution in [-0.4, -0.2) is 52.2 Å². The number of alkyl halides is 3. The molecule has 3 heterocycles. The van der Waals surface area contributed by atoms with E-state index in [1.165, 1.54) is 12.6 Å². The molecule has 2 fully saturated rings. The van der Waals surface area contributed by atoms with Gasteiger partial charge in [0.05, 0.1) is 0 Å². The average molecular weight is 378 g/mol. The van der Waals surface area contributed by atoms with Gasteiger partial charge < -0.3 is 4.90 Å². The largest absolute Gasteiger partial charge is 0.433 e. The summed E-state index contributed by atoms with van der Waals surface area (Å²) < 4.78 is 39.7. The smallest absolute Gasteiger partial charge is 0.337 e. The van der Waals surface area contributed by atoms with E-state index < -0.39 is 17.8 Å². The maximum absolute atomic E-state index is 13.0. The number of carbonyl (C=O) groups is 1. The van der Waals surface area contributed by atoms with Crippen molar-refractivity contribution in [2.75, 3.05) is 26.7 Å². The van der Waals surface area contributed by atoms with Gasteiger partial charge in [-0.2, -0.15) is 18.3 Å². The predicted octanol–water partition coefficient (Wildman–Crippen LogP) is 2.81. The van der Waals surface area contributed by atoms with Crippen molar-refractivity contribution in [1.29, 1.82) is 0 Å². The molecule has 27 heavy (non-hydrogen) atoms. The van der Waals surface area contributed by atoms with Crippen molar-refractivity contribution in [3.63, 3.8) is 0 Å². The Balaban J connectivity index is 1.54. The maximum atomic E-state index is 13.0. The number of nitrogens with zero attached hydrogens (tertiary/aromatic N) is 4. The zero-order valence-electron chi connectivity index (χ0n) is 15.1. The number of hydrogen-bond acceptors (Lipinski definition) is 3. The van der Waals surface area contributed by atoms with E-state index in [4.69, 9.17) is 0 Å². The second kappa shape index (κ2) is 6.37. The van der Waals surface area contributed by atoms with Crippen LogP contribution in [0.15, 0.2) is 36.4 Å². The van der Waals surface area contributed by atoms with Crippen molar-refractivity contribution in [2.24, 2.45) is 18.9 Å². The summed E-state index contributed by atoms with van der Waals surface area (Å²) in [4.78, 5) is 16.7. The number of benzene rings is 1. The van der Waals surface area contributed by atoms with Gasteiger partial charge in [-0.25, -0.2) is 0 Å². The van der Waals surface area contributed by atoms with Crippen molar-refractivity contribution < 1.29 is 18.0 Å². The van der Waals surface area contributed by atoms with Gasteiger partial charge in [-0.3, -0.25) is 14.4 Å². The average Bonchev–Trinajstić information content (AvgIpc) is 3.26. The number of amides is 1. The van der Waals surface area contributed by atoms with Crippen molar-refractivity contribution in [3.05, 3.63) is 53.3 Å². The first-order valence-electron chi connectivity index (χ1n) is 8.91. The van der Waals surface area contributed by atoms with Gasteiger partial charge in [-0.05, 0) is 18.5 Å². The third-order valence-corrected chi connectivity index (χ3v) is 5.71. The van der Waals surface area contributed by atoms with E-state index in [1.54, 1.807) is 4.90 Å². The predicted molar refractivity (Wildman–Crippen MR) is 92.9 cm³/mol. The molecule has 1 amide bonds. The van der Waals surface area contributed by atoms with E-state index in [0.29, 0.717) is 19.0 Å². The molecule has 0 bridgehead atoms. The minimum absolute atomic E-state index is 0.144. The van der Waals surface area contributed by atoms with Gasteiger partial charge in [0.2, 0.25) is 0 Å². The molecule has 0 aliphatic carbocycles. The summed E-state index contributed by atoms with van der Waals surface area (Å²) in [5.41, 5.74) is 0.153. The number of halogens is 3. The van der Waals surface area contributed by atoms with Gasteiger partial charge in [-0.15, -0.1) is 0 Å². The highest BCUT2D eigenvalue weighted by atomic mass is 19.4. The number of carbonyl (C=O) groups excluding carboxylic acids is 1. The fraction of sp³-hybridized carbons (Fsp3) is 0.474. The fourth-order valence-corrected chi connectivity index (χ4v) is 4.57. The Kier molecular flexibility index (Phi) is 4.25. The minimum Gasteiger partial charge on any atom is -0.337 e. The highest BCUT2D eigenvalue weighted by Crippen LogP contribution is 2.44. The van der Waals surface area contributed by atoms with Crippen LogP contribution in [0.3, 0.4) is 0 Å². The number of hydrogen-bond donors (Lipinski definition) is 0. The van der Waals surface area contributed by atoms with Gasteiger partial charge in [0, 0.05) is 44.7 Å². The Morgan fingerprint density at radius 3 is 2.44 bits per heavy atom. The molecule has 0 unspecified atom stereocenters. The quantitative estimate of drug-likeness (QED) is 0.807. The van der Waals surface area contributed by atoms with Crippen LogP contribution in [0.5, 0.6) is 0 Å². The second-order valence-electron chi connectivity index (χ2n) is 7.47. The molecule has 0 N–H and O–H groups in total. The fourth-order valence-electron chi connectivity index (χ4n) is 4.57. The monoisotopic (exact) mass is 378 g/mol. The second-order valence-corrected chi connectivity index (χ2v) is 7.47. The first-order chi connectivity index (χ1) is 12.8. The lowest BCUT2D eigenvalue weighted by atomic mass is 9.90. The Bertz CT molecular complexity index is 848. The number of aryl methyl sites for hydroxylation is 1. The SMILES string of the molecule is CN1C[C@H]2CN(C(=O)c3cc(C(F)(F)F)n(C)n3)C[C@H]2[C@@H]1c1ccccc1. The Labute approximate surface area is 155 Å². The van der Waals surface area contributed by atoms with Crippen molar-refractivity contribution in [1.82, 2.24) is 19.6 Å². The molecule has 0 saturated carbocycles. The Morgan fingerprint density at radius 2 is 1.81 bits per heavy atom. The first-order valence-corrected chi connectivity index (χ1v) is 8.91. The van der Waals surface area contributed by atoms with E-state index in [2.05, 4.69) is 29.2 Å². The van der Waals surface area contributed by atoms with Crippen LogP contribution in [0.25, 0.3) is 0 Å². The standard InChI is InChI=1S/C19H21F3N4O/c1-24-9-13-10-26(11-14(13)17(24)12-6-4-3-5-7-12)18(27)15-8-16(19(20,21)22)25(2)23-15/h3-8,13-14,17H,9-11H2,1-2H3/t13-,14+,17-/m0/s1. The molecular formula is C19H21F3N4O. The van der Waals surface area contributed by atoms with Crippen LogP contribution in [0, 0.1) is 11.8 Å². The van der Waals surface area contributed by atoms with Gasteiger partial charge in [0.15, 0.2) is 5.69 Å². The molecular weight excluding hydrogens is 357 g/mol. The zero-order chi connectivity index (χ0) is 19.3. The topological polar surface area (TPSA) is 41.4 Å². The molecule has 2 saturated heterocycles. The highest BCUT2D eigenvalue weighted by Gasteiger charge is 2.47. The van der Waals surface area contributed by atoms with Crippen LogP contribution in [0.1, 0.15) is 27.8 Å². The molecule has 2 aliphatic rings. The molecule has 4 rings (SSSR count). The highest BCUT2D eigenvalue weighted by molar-refractivity contribution is 5.92. The molecule has 0 spiro atoms. The summed E-state index contributed by atoms with van der Waals surface area (Å²) in [7, 11) is 3.29. The van der Waals surface area contributed by atoms with Crippen LogP contribution in [-0.2, 0) is 13.2 Å². The van der Waals surface area contributed by atoms with Crippen LogP contribution >= 0.6 is 0 Å². The van der Waals surface area contributed by atoms with E-state index in [0.717, 1.165) is 17.3 Å². The number of likely N-dealkylation sites (tertiary alicyclic amines) is 2. The van der Waals surface area contributed by atoms with Gasteiger partial charge >= 0.3 is 6.18 Å². The summed E-state index contributed by atoms with van der Waals surface area (Å²) in [6.07, 6.45) is -4.52. The lowest BCUT2D eigenvalue weighted by Gasteiger charge is -2.26. The number of rotatable bonds is 2. The molecule has 1 aromatic heterocycles. The van der Waals surface area contributed by atoms with Crippen LogP contribution in [0.4, 0.5) is 13.2 Å². The molecule has 3 atom stereocenters. The molecule has 144 valence electrons. The Hall–Kier alpha value is -2.35. The van der Waals surface area contributed by atoms with Crippen molar-refractivity contribution >= 4 is 5.91 Å². The third-order valence-electron chi connectivity index (χ3n) is 5.71. The van der Waals surface area contributed by atoms with Crippen molar-refractivity contribution in [2.45, 2.75) is 12.2 Å². The maximum Gasteiger partial charge on any atom is 0.433 e. The molecule has 1 aromatic carbocycles. The zero-order valence-corrected chi connectivity index (χ0v) is 15.1. The lowest BCUT2D eigenvalue weighted by Crippen LogP contribution is -2.33. The van der Waals surface area contributed by atoms with Crippen LogP contribution < -0.4 is 0 Å². The summed E-state index contributed by atoms with van der Waals surface area (Å²) in [5, 5.41) is 3.80. The van der Waals surface area contributed by atoms with Gasteiger partial charge in [-0.1, -0.05) is 30.3 Å². The van der Waals surface area contributed by atoms with Gasteiger partial charge in [0.1, 0.15) is 5.69 Å².